The third kappa shape index (κ3) is 4.31. The van der Waals surface area contributed by atoms with Crippen LogP contribution in [0.2, 0.25) is 0 Å². The lowest BCUT2D eigenvalue weighted by molar-refractivity contribution is 0.0730. The monoisotopic (exact) mass is 374 g/mol. The van der Waals surface area contributed by atoms with Crippen molar-refractivity contribution in [3.05, 3.63) is 59.9 Å². The van der Waals surface area contributed by atoms with Crippen molar-refractivity contribution in [2.24, 2.45) is 5.10 Å². The van der Waals surface area contributed by atoms with Gasteiger partial charge >= 0.3 is 0 Å². The predicted molar refractivity (Wildman–Crippen MR) is 95.3 cm³/mol. The molecule has 0 radical (unpaired) electrons. The summed E-state index contributed by atoms with van der Waals surface area (Å²) in [6, 6.07) is 11.2. The Kier molecular flexibility index (Phi) is 5.71. The molecule has 1 N–H and O–H groups in total. The maximum absolute atomic E-state index is 12.7. The minimum absolute atomic E-state index is 0.0701. The van der Waals surface area contributed by atoms with Gasteiger partial charge in [0.1, 0.15) is 0 Å². The molecule has 1 saturated heterocycles. The first-order valence-corrected chi connectivity index (χ1v) is 9.44. The van der Waals surface area contributed by atoms with Gasteiger partial charge in [-0.25, -0.2) is 13.8 Å². The molecule has 1 aromatic carbocycles. The molecular formula is C17H18N4O4S. The molecule has 0 unspecified atom stereocenters. The highest BCUT2D eigenvalue weighted by atomic mass is 32.2. The number of aromatic nitrogens is 1. The molecule has 0 saturated carbocycles. The van der Waals surface area contributed by atoms with Gasteiger partial charge in [0.05, 0.1) is 30.0 Å². The highest BCUT2D eigenvalue weighted by Gasteiger charge is 2.26. The molecule has 3 rings (SSSR count). The van der Waals surface area contributed by atoms with Crippen LogP contribution in [0.4, 0.5) is 0 Å². The van der Waals surface area contributed by atoms with Gasteiger partial charge in [-0.2, -0.15) is 9.41 Å². The smallest absolute Gasteiger partial charge is 0.271 e. The van der Waals surface area contributed by atoms with Gasteiger partial charge in [-0.15, -0.1) is 0 Å². The lowest BCUT2D eigenvalue weighted by atomic mass is 10.2. The molecule has 0 aliphatic carbocycles. The summed E-state index contributed by atoms with van der Waals surface area (Å²) in [5.41, 5.74) is 3.17. The average molecular weight is 374 g/mol. The highest BCUT2D eigenvalue weighted by Crippen LogP contribution is 2.18. The second-order valence-corrected chi connectivity index (χ2v) is 7.44. The fraction of sp³-hybridized carbons (Fsp3) is 0.235. The van der Waals surface area contributed by atoms with Gasteiger partial charge < -0.3 is 4.74 Å². The maximum Gasteiger partial charge on any atom is 0.271 e. The van der Waals surface area contributed by atoms with E-state index in [1.807, 2.05) is 0 Å². The number of ether oxygens (including phenoxy) is 1. The Bertz CT molecular complexity index is 894. The molecule has 2 aromatic rings. The molecule has 26 heavy (non-hydrogen) atoms. The number of nitrogens with zero attached hydrogens (tertiary/aromatic N) is 3. The van der Waals surface area contributed by atoms with Gasteiger partial charge in [-0.3, -0.25) is 9.78 Å². The first-order valence-electron chi connectivity index (χ1n) is 8.00. The van der Waals surface area contributed by atoms with E-state index >= 15 is 0 Å². The molecule has 1 fully saturated rings. The third-order valence-corrected chi connectivity index (χ3v) is 5.65. The van der Waals surface area contributed by atoms with Crippen LogP contribution in [0.3, 0.4) is 0 Å². The van der Waals surface area contributed by atoms with Crippen molar-refractivity contribution in [1.82, 2.24) is 14.7 Å². The molecule has 9 heteroatoms. The number of benzene rings is 1. The van der Waals surface area contributed by atoms with E-state index in [9.17, 15) is 13.2 Å². The van der Waals surface area contributed by atoms with Gasteiger partial charge in [-0.05, 0) is 30.3 Å². The second kappa shape index (κ2) is 8.17. The van der Waals surface area contributed by atoms with Crippen molar-refractivity contribution < 1.29 is 17.9 Å². The fourth-order valence-corrected chi connectivity index (χ4v) is 3.86. The van der Waals surface area contributed by atoms with Gasteiger partial charge in [0.25, 0.3) is 5.91 Å². The number of carbonyl (C=O) groups is 1. The number of amides is 1. The SMILES string of the molecule is O=C(N/N=C\c1ccccn1)c1cccc(S(=O)(=O)N2CCOCC2)c1. The number of hydrazone groups is 1. The second-order valence-electron chi connectivity index (χ2n) is 5.50. The lowest BCUT2D eigenvalue weighted by Gasteiger charge is -2.26. The largest absolute Gasteiger partial charge is 0.379 e. The highest BCUT2D eigenvalue weighted by molar-refractivity contribution is 7.89. The fourth-order valence-electron chi connectivity index (χ4n) is 2.41. The standard InChI is InChI=1S/C17H18N4O4S/c22-17(20-19-13-15-5-1-2-7-18-15)14-4-3-6-16(12-14)26(23,24)21-8-10-25-11-9-21/h1-7,12-13H,8-11H2,(H,20,22)/b19-13-. The summed E-state index contributed by atoms with van der Waals surface area (Å²) >= 11 is 0. The van der Waals surface area contributed by atoms with Crippen molar-refractivity contribution in [1.29, 1.82) is 0 Å². The number of sulfonamides is 1. The van der Waals surface area contributed by atoms with Gasteiger partial charge in [-0.1, -0.05) is 12.1 Å². The average Bonchev–Trinajstić information content (AvgIpc) is 2.69. The van der Waals surface area contributed by atoms with Crippen LogP contribution in [0.1, 0.15) is 16.1 Å². The van der Waals surface area contributed by atoms with E-state index in [1.165, 1.54) is 34.8 Å². The van der Waals surface area contributed by atoms with E-state index < -0.39 is 15.9 Å². The van der Waals surface area contributed by atoms with E-state index in [4.69, 9.17) is 4.74 Å². The summed E-state index contributed by atoms with van der Waals surface area (Å²) in [5.74, 6) is -0.504. The van der Waals surface area contributed by atoms with Crippen LogP contribution in [-0.4, -0.2) is 56.1 Å². The number of morpholine rings is 1. The zero-order valence-corrected chi connectivity index (χ0v) is 14.7. The Morgan fingerprint density at radius 3 is 2.73 bits per heavy atom. The van der Waals surface area contributed by atoms with Crippen LogP contribution in [0, 0.1) is 0 Å². The lowest BCUT2D eigenvalue weighted by Crippen LogP contribution is -2.40. The zero-order valence-electron chi connectivity index (χ0n) is 13.9. The van der Waals surface area contributed by atoms with Crippen LogP contribution in [-0.2, 0) is 14.8 Å². The van der Waals surface area contributed by atoms with Crippen LogP contribution >= 0.6 is 0 Å². The van der Waals surface area contributed by atoms with Crippen molar-refractivity contribution in [2.75, 3.05) is 26.3 Å². The van der Waals surface area contributed by atoms with E-state index in [0.717, 1.165) is 0 Å². The third-order valence-electron chi connectivity index (χ3n) is 3.75. The van der Waals surface area contributed by atoms with Gasteiger partial charge in [0.2, 0.25) is 10.0 Å². The molecular weight excluding hydrogens is 356 g/mol. The zero-order chi connectivity index (χ0) is 18.4. The number of hydrogen-bond acceptors (Lipinski definition) is 6. The molecule has 2 heterocycles. The quantitative estimate of drug-likeness (QED) is 0.618. The first kappa shape index (κ1) is 18.2. The minimum atomic E-state index is -3.66. The number of nitrogens with one attached hydrogen (secondary N) is 1. The Morgan fingerprint density at radius 1 is 1.19 bits per heavy atom. The van der Waals surface area contributed by atoms with Crippen LogP contribution < -0.4 is 5.43 Å². The summed E-state index contributed by atoms with van der Waals surface area (Å²) in [5, 5.41) is 3.84. The van der Waals surface area contributed by atoms with E-state index in [0.29, 0.717) is 32.0 Å². The number of hydrogen-bond donors (Lipinski definition) is 1. The van der Waals surface area contributed by atoms with Crippen LogP contribution in [0.25, 0.3) is 0 Å². The first-order chi connectivity index (χ1) is 12.6. The molecule has 0 atom stereocenters. The number of pyridine rings is 1. The van der Waals surface area contributed by atoms with Crippen molar-refractivity contribution in [3.63, 3.8) is 0 Å². The minimum Gasteiger partial charge on any atom is -0.379 e. The molecule has 1 aliphatic heterocycles. The summed E-state index contributed by atoms with van der Waals surface area (Å²) in [4.78, 5) is 16.3. The number of carbonyl (C=O) groups excluding carboxylic acids is 1. The van der Waals surface area contributed by atoms with Crippen molar-refractivity contribution in [3.8, 4) is 0 Å². The predicted octanol–water partition coefficient (Wildman–Crippen LogP) is 0.866. The Balaban J connectivity index is 1.72. The van der Waals surface area contributed by atoms with E-state index in [1.54, 1.807) is 24.4 Å². The normalized spacial score (nSPS) is 15.8. The molecule has 0 spiro atoms. The van der Waals surface area contributed by atoms with Crippen LogP contribution in [0.5, 0.6) is 0 Å². The molecule has 1 aliphatic rings. The van der Waals surface area contributed by atoms with E-state index in [2.05, 4.69) is 15.5 Å². The van der Waals surface area contributed by atoms with E-state index in [-0.39, 0.29) is 10.5 Å². The van der Waals surface area contributed by atoms with Crippen LogP contribution in [0.15, 0.2) is 58.7 Å². The topological polar surface area (TPSA) is 101 Å². The molecule has 8 nitrogen and oxygen atoms in total. The summed E-state index contributed by atoms with van der Waals surface area (Å²) in [6.45, 7) is 1.32. The summed E-state index contributed by atoms with van der Waals surface area (Å²) in [6.07, 6.45) is 3.02. The maximum atomic E-state index is 12.7. The van der Waals surface area contributed by atoms with Gasteiger partial charge in [0.15, 0.2) is 0 Å². The Labute approximate surface area is 151 Å². The molecule has 1 amide bonds. The van der Waals surface area contributed by atoms with Gasteiger partial charge in [0, 0.05) is 24.8 Å². The summed E-state index contributed by atoms with van der Waals surface area (Å²) < 4.78 is 31.9. The Hall–Kier alpha value is -2.62. The van der Waals surface area contributed by atoms with Crippen molar-refractivity contribution in [2.45, 2.75) is 4.90 Å². The number of rotatable bonds is 5. The Morgan fingerprint density at radius 2 is 2.00 bits per heavy atom. The van der Waals surface area contributed by atoms with Crippen molar-refractivity contribution >= 4 is 22.1 Å². The molecule has 136 valence electrons. The molecule has 1 aromatic heterocycles. The summed E-state index contributed by atoms with van der Waals surface area (Å²) in [7, 11) is -3.66. The molecule has 0 bridgehead atoms.